The van der Waals surface area contributed by atoms with Crippen LogP contribution in [0.3, 0.4) is 0 Å². The summed E-state index contributed by atoms with van der Waals surface area (Å²) in [6.07, 6.45) is -2.29. The zero-order valence-corrected chi connectivity index (χ0v) is 16.1. The van der Waals surface area contributed by atoms with Gasteiger partial charge in [-0.1, -0.05) is 23.7 Å². The zero-order valence-electron chi connectivity index (χ0n) is 15.3. The average Bonchev–Trinajstić information content (AvgIpc) is 2.68. The van der Waals surface area contributed by atoms with Gasteiger partial charge in [-0.15, -0.1) is 0 Å². The van der Waals surface area contributed by atoms with Gasteiger partial charge in [-0.05, 0) is 49.6 Å². The van der Waals surface area contributed by atoms with Crippen LogP contribution in [-0.4, -0.2) is 24.0 Å². The van der Waals surface area contributed by atoms with Gasteiger partial charge in [0.2, 0.25) is 5.91 Å². The summed E-state index contributed by atoms with van der Waals surface area (Å²) in [7, 11) is 0. The number of anilines is 1. The normalized spacial score (nSPS) is 16.7. The van der Waals surface area contributed by atoms with Crippen LogP contribution in [0, 0.1) is 5.92 Å². The Balaban J connectivity index is 1.53. The van der Waals surface area contributed by atoms with Gasteiger partial charge < -0.3 is 10.2 Å². The van der Waals surface area contributed by atoms with Crippen molar-refractivity contribution in [2.24, 2.45) is 5.92 Å². The van der Waals surface area contributed by atoms with Gasteiger partial charge in [0, 0.05) is 30.2 Å². The second-order valence-corrected chi connectivity index (χ2v) is 7.38. The number of hydrogen-bond acceptors (Lipinski definition) is 3. The Morgan fingerprint density at radius 2 is 1.82 bits per heavy atom. The van der Waals surface area contributed by atoms with Crippen LogP contribution in [0.5, 0.6) is 0 Å². The maximum atomic E-state index is 12.6. The Morgan fingerprint density at radius 3 is 2.36 bits per heavy atom. The molecule has 150 valence electrons. The zero-order chi connectivity index (χ0) is 20.3. The van der Waals surface area contributed by atoms with Gasteiger partial charge in [-0.2, -0.15) is 13.2 Å². The fraction of sp³-hybridized carbons (Fsp3) is 0.400. The van der Waals surface area contributed by atoms with Crippen LogP contribution < -0.4 is 10.2 Å². The highest BCUT2D eigenvalue weighted by Crippen LogP contribution is 2.30. The molecule has 2 aromatic rings. The number of hydrogen-bond donors (Lipinski definition) is 1. The molecule has 1 amide bonds. The first-order chi connectivity index (χ1) is 13.2. The Kier molecular flexibility index (Phi) is 6.13. The molecule has 1 saturated heterocycles. The number of nitrogens with zero attached hydrogens (tertiary/aromatic N) is 2. The summed E-state index contributed by atoms with van der Waals surface area (Å²) in [6.45, 7) is 3.07. The minimum absolute atomic E-state index is 0.0116. The largest absolute Gasteiger partial charge is 0.417 e. The molecule has 0 saturated carbocycles. The van der Waals surface area contributed by atoms with Crippen molar-refractivity contribution in [2.75, 3.05) is 18.0 Å². The van der Waals surface area contributed by atoms with Crippen molar-refractivity contribution in [1.29, 1.82) is 0 Å². The van der Waals surface area contributed by atoms with Crippen molar-refractivity contribution in [3.63, 3.8) is 0 Å². The van der Waals surface area contributed by atoms with E-state index in [1.807, 2.05) is 24.0 Å². The third kappa shape index (κ3) is 4.95. The monoisotopic (exact) mass is 411 g/mol. The number of piperidine rings is 1. The Labute approximate surface area is 166 Å². The number of aromatic nitrogens is 1. The number of rotatable bonds is 4. The van der Waals surface area contributed by atoms with E-state index >= 15 is 0 Å². The highest BCUT2D eigenvalue weighted by atomic mass is 35.5. The van der Waals surface area contributed by atoms with Gasteiger partial charge in [-0.3, -0.25) is 4.79 Å². The summed E-state index contributed by atoms with van der Waals surface area (Å²) >= 11 is 5.89. The van der Waals surface area contributed by atoms with Crippen molar-refractivity contribution in [3.05, 3.63) is 58.7 Å². The molecule has 0 unspecified atom stereocenters. The van der Waals surface area contributed by atoms with E-state index in [-0.39, 0.29) is 17.9 Å². The van der Waals surface area contributed by atoms with Gasteiger partial charge in [-0.25, -0.2) is 4.98 Å². The van der Waals surface area contributed by atoms with Gasteiger partial charge in [0.1, 0.15) is 5.82 Å². The number of carbonyl (C=O) groups is 1. The van der Waals surface area contributed by atoms with Crippen molar-refractivity contribution >= 4 is 23.3 Å². The molecule has 8 heteroatoms. The third-order valence-corrected chi connectivity index (χ3v) is 5.25. The van der Waals surface area contributed by atoms with Crippen LogP contribution in [0.25, 0.3) is 0 Å². The second-order valence-electron chi connectivity index (χ2n) is 6.95. The summed E-state index contributed by atoms with van der Waals surface area (Å²) in [5.74, 6) is 0.365. The lowest BCUT2D eigenvalue weighted by atomic mass is 9.95. The molecule has 1 N–H and O–H groups in total. The highest BCUT2D eigenvalue weighted by Gasteiger charge is 2.31. The molecule has 2 heterocycles. The lowest BCUT2D eigenvalue weighted by molar-refractivity contribution is -0.137. The van der Waals surface area contributed by atoms with Crippen LogP contribution >= 0.6 is 11.6 Å². The van der Waals surface area contributed by atoms with Gasteiger partial charge >= 0.3 is 6.18 Å². The van der Waals surface area contributed by atoms with Gasteiger partial charge in [0.05, 0.1) is 11.6 Å². The van der Waals surface area contributed by atoms with Gasteiger partial charge in [0.25, 0.3) is 0 Å². The minimum atomic E-state index is -4.39. The molecule has 0 radical (unpaired) electrons. The predicted molar refractivity (Wildman–Crippen MR) is 102 cm³/mol. The Bertz CT molecular complexity index is 801. The van der Waals surface area contributed by atoms with E-state index in [1.54, 1.807) is 12.1 Å². The minimum Gasteiger partial charge on any atom is -0.357 e. The average molecular weight is 412 g/mol. The molecule has 0 spiro atoms. The smallest absolute Gasteiger partial charge is 0.357 e. The second kappa shape index (κ2) is 8.39. The maximum Gasteiger partial charge on any atom is 0.417 e. The molecule has 0 bridgehead atoms. The van der Waals surface area contributed by atoms with Crippen molar-refractivity contribution in [1.82, 2.24) is 10.3 Å². The molecule has 1 aromatic heterocycles. The summed E-state index contributed by atoms with van der Waals surface area (Å²) < 4.78 is 37.9. The molecule has 4 nitrogen and oxygen atoms in total. The number of halogens is 4. The quantitative estimate of drug-likeness (QED) is 0.782. The lowest BCUT2D eigenvalue weighted by Gasteiger charge is -2.32. The first kappa shape index (κ1) is 20.5. The number of amides is 1. The van der Waals surface area contributed by atoms with Crippen molar-refractivity contribution in [2.45, 2.75) is 32.0 Å². The molecule has 1 aliphatic heterocycles. The first-order valence-corrected chi connectivity index (χ1v) is 9.46. The van der Waals surface area contributed by atoms with Crippen molar-refractivity contribution < 1.29 is 18.0 Å². The van der Waals surface area contributed by atoms with Crippen LogP contribution in [0.15, 0.2) is 42.6 Å². The molecule has 3 rings (SSSR count). The number of pyridine rings is 1. The van der Waals surface area contributed by atoms with E-state index in [9.17, 15) is 18.0 Å². The number of alkyl halides is 3. The number of benzene rings is 1. The standard InChI is InChI=1S/C20H21ClF3N3O/c1-13(14-2-5-17(21)6-3-14)26-19(28)15-8-10-27(11-9-15)18-7-4-16(12-25-18)20(22,23)24/h2-7,12-13,15H,8-11H2,1H3,(H,26,28)/t13-/m1/s1. The maximum absolute atomic E-state index is 12.6. The molecule has 28 heavy (non-hydrogen) atoms. The fourth-order valence-electron chi connectivity index (χ4n) is 3.28. The molecular formula is C20H21ClF3N3O. The molecule has 0 aliphatic carbocycles. The van der Waals surface area contributed by atoms with E-state index in [1.165, 1.54) is 6.07 Å². The summed E-state index contributed by atoms with van der Waals surface area (Å²) in [4.78, 5) is 18.4. The topological polar surface area (TPSA) is 45.2 Å². The summed E-state index contributed by atoms with van der Waals surface area (Å²) in [6, 6.07) is 9.63. The van der Waals surface area contributed by atoms with Crippen LogP contribution in [0.1, 0.15) is 36.9 Å². The predicted octanol–water partition coefficient (Wildman–Crippen LogP) is 4.85. The molecule has 1 atom stereocenters. The van der Waals surface area contributed by atoms with E-state index in [2.05, 4.69) is 10.3 Å². The van der Waals surface area contributed by atoms with Crippen LogP contribution in [-0.2, 0) is 11.0 Å². The number of carbonyl (C=O) groups excluding carboxylic acids is 1. The van der Waals surface area contributed by atoms with Crippen molar-refractivity contribution in [3.8, 4) is 0 Å². The van der Waals surface area contributed by atoms with Gasteiger partial charge in [0.15, 0.2) is 0 Å². The fourth-order valence-corrected chi connectivity index (χ4v) is 3.40. The third-order valence-electron chi connectivity index (χ3n) is 4.99. The van der Waals surface area contributed by atoms with E-state index < -0.39 is 11.7 Å². The Hall–Kier alpha value is -2.28. The van der Waals surface area contributed by atoms with Crippen LogP contribution in [0.4, 0.5) is 19.0 Å². The Morgan fingerprint density at radius 1 is 1.18 bits per heavy atom. The summed E-state index contributed by atoms with van der Waals surface area (Å²) in [5, 5.41) is 3.67. The number of nitrogens with one attached hydrogen (secondary N) is 1. The van der Waals surface area contributed by atoms with E-state index in [4.69, 9.17) is 11.6 Å². The molecule has 1 aliphatic rings. The highest BCUT2D eigenvalue weighted by molar-refractivity contribution is 6.30. The lowest BCUT2D eigenvalue weighted by Crippen LogP contribution is -2.41. The SMILES string of the molecule is C[C@@H](NC(=O)C1CCN(c2ccc(C(F)(F)F)cn2)CC1)c1ccc(Cl)cc1. The summed E-state index contributed by atoms with van der Waals surface area (Å²) in [5.41, 5.74) is 0.214. The van der Waals surface area contributed by atoms with E-state index in [0.717, 1.165) is 17.8 Å². The first-order valence-electron chi connectivity index (χ1n) is 9.08. The molecule has 1 aromatic carbocycles. The molecular weight excluding hydrogens is 391 g/mol. The van der Waals surface area contributed by atoms with Crippen LogP contribution in [0.2, 0.25) is 5.02 Å². The molecule has 1 fully saturated rings. The van der Waals surface area contributed by atoms with E-state index in [0.29, 0.717) is 36.8 Å².